The average Bonchev–Trinajstić information content (AvgIpc) is 2.39. The molecule has 0 saturated heterocycles. The Balaban J connectivity index is 2.27. The summed E-state index contributed by atoms with van der Waals surface area (Å²) in [5.41, 5.74) is 1.18. The number of aliphatic hydroxyl groups is 1. The van der Waals surface area contributed by atoms with Gasteiger partial charge in [0.15, 0.2) is 0 Å². The second-order valence-electron chi connectivity index (χ2n) is 5.49. The number of hydrogen-bond acceptors (Lipinski definition) is 3. The fourth-order valence-corrected chi connectivity index (χ4v) is 1.94. The topological polar surface area (TPSA) is 58.6 Å². The van der Waals surface area contributed by atoms with Gasteiger partial charge < -0.3 is 15.2 Å². The lowest BCUT2D eigenvalue weighted by Crippen LogP contribution is -2.38. The molecule has 0 fully saturated rings. The van der Waals surface area contributed by atoms with Crippen molar-refractivity contribution in [1.82, 2.24) is 5.32 Å². The molecule has 4 nitrogen and oxygen atoms in total. The highest BCUT2D eigenvalue weighted by Gasteiger charge is 2.12. The number of ether oxygens (including phenoxy) is 1. The van der Waals surface area contributed by atoms with Crippen LogP contribution in [0.2, 0.25) is 0 Å². The molecule has 0 aliphatic rings. The smallest absolute Gasteiger partial charge is 0.223 e. The van der Waals surface area contributed by atoms with Crippen molar-refractivity contribution in [2.75, 3.05) is 13.2 Å². The van der Waals surface area contributed by atoms with Crippen LogP contribution >= 0.6 is 0 Å². The number of aliphatic hydroxyl groups excluding tert-OH is 1. The van der Waals surface area contributed by atoms with E-state index in [1.54, 1.807) is 0 Å². The monoisotopic (exact) mass is 279 g/mol. The van der Waals surface area contributed by atoms with Crippen LogP contribution in [0.1, 0.15) is 32.3 Å². The summed E-state index contributed by atoms with van der Waals surface area (Å²) < 4.78 is 5.50. The fourth-order valence-electron chi connectivity index (χ4n) is 1.94. The third-order valence-corrected chi connectivity index (χ3v) is 2.96. The molecule has 4 heteroatoms. The lowest BCUT2D eigenvalue weighted by Gasteiger charge is -2.18. The SMILES string of the molecule is Cc1ccc(OCCC(=O)NC(CO)CC(C)C)cc1. The molecule has 0 bridgehead atoms. The van der Waals surface area contributed by atoms with Gasteiger partial charge in [0.2, 0.25) is 5.91 Å². The molecule has 2 N–H and O–H groups in total. The minimum Gasteiger partial charge on any atom is -0.493 e. The maximum absolute atomic E-state index is 11.7. The first-order valence-corrected chi connectivity index (χ1v) is 7.11. The zero-order valence-electron chi connectivity index (χ0n) is 12.6. The van der Waals surface area contributed by atoms with Crippen molar-refractivity contribution < 1.29 is 14.6 Å². The Labute approximate surface area is 121 Å². The van der Waals surface area contributed by atoms with Gasteiger partial charge in [0.05, 0.1) is 25.7 Å². The van der Waals surface area contributed by atoms with Crippen molar-refractivity contribution in [1.29, 1.82) is 0 Å². The standard InChI is InChI=1S/C16H25NO3/c1-12(2)10-14(11-18)17-16(19)8-9-20-15-6-4-13(3)5-7-15/h4-7,12,14,18H,8-11H2,1-3H3,(H,17,19). The van der Waals surface area contributed by atoms with E-state index < -0.39 is 0 Å². The molecular formula is C16H25NO3. The quantitative estimate of drug-likeness (QED) is 0.767. The molecule has 0 radical (unpaired) electrons. The van der Waals surface area contributed by atoms with Gasteiger partial charge in [-0.3, -0.25) is 4.79 Å². The van der Waals surface area contributed by atoms with Crippen LogP contribution in [0, 0.1) is 12.8 Å². The van der Waals surface area contributed by atoms with Gasteiger partial charge in [0.25, 0.3) is 0 Å². The molecule has 1 aromatic rings. The minimum absolute atomic E-state index is 0.0251. The number of carbonyl (C=O) groups excluding carboxylic acids is 1. The third-order valence-electron chi connectivity index (χ3n) is 2.96. The maximum Gasteiger partial charge on any atom is 0.223 e. The second kappa shape index (κ2) is 8.59. The molecule has 1 aromatic carbocycles. The lowest BCUT2D eigenvalue weighted by molar-refractivity contribution is -0.122. The highest BCUT2D eigenvalue weighted by Crippen LogP contribution is 2.11. The molecule has 0 aliphatic heterocycles. The Bertz CT molecular complexity index is 401. The van der Waals surface area contributed by atoms with Crippen LogP contribution in [-0.2, 0) is 4.79 Å². The van der Waals surface area contributed by atoms with Crippen LogP contribution in [0.4, 0.5) is 0 Å². The average molecular weight is 279 g/mol. The molecule has 1 unspecified atom stereocenters. The van der Waals surface area contributed by atoms with Crippen molar-refractivity contribution in [3.05, 3.63) is 29.8 Å². The summed E-state index contributed by atoms with van der Waals surface area (Å²) in [5.74, 6) is 1.12. The van der Waals surface area contributed by atoms with Crippen molar-refractivity contribution in [3.63, 3.8) is 0 Å². The van der Waals surface area contributed by atoms with E-state index in [-0.39, 0.29) is 18.6 Å². The number of aryl methyl sites for hydroxylation is 1. The van der Waals surface area contributed by atoms with Gasteiger partial charge in [-0.25, -0.2) is 0 Å². The largest absolute Gasteiger partial charge is 0.493 e. The van der Waals surface area contributed by atoms with E-state index in [1.165, 1.54) is 5.56 Å². The summed E-state index contributed by atoms with van der Waals surface area (Å²) in [4.78, 5) is 11.7. The van der Waals surface area contributed by atoms with Gasteiger partial charge in [-0.2, -0.15) is 0 Å². The number of amides is 1. The molecule has 1 amide bonds. The first kappa shape index (κ1) is 16.5. The van der Waals surface area contributed by atoms with Gasteiger partial charge >= 0.3 is 0 Å². The van der Waals surface area contributed by atoms with Gasteiger partial charge in [-0.05, 0) is 31.4 Å². The van der Waals surface area contributed by atoms with E-state index in [9.17, 15) is 9.90 Å². The Morgan fingerprint density at radius 1 is 1.30 bits per heavy atom. The number of nitrogens with one attached hydrogen (secondary N) is 1. The van der Waals surface area contributed by atoms with Crippen LogP contribution in [0.3, 0.4) is 0 Å². The van der Waals surface area contributed by atoms with Crippen molar-refractivity contribution >= 4 is 5.91 Å². The van der Waals surface area contributed by atoms with E-state index >= 15 is 0 Å². The van der Waals surface area contributed by atoms with Gasteiger partial charge in [0.1, 0.15) is 5.75 Å². The first-order valence-electron chi connectivity index (χ1n) is 7.11. The molecule has 0 aliphatic carbocycles. The zero-order chi connectivity index (χ0) is 15.0. The summed E-state index contributed by atoms with van der Waals surface area (Å²) in [6, 6.07) is 7.56. The Hall–Kier alpha value is -1.55. The second-order valence-corrected chi connectivity index (χ2v) is 5.49. The summed E-state index contributed by atoms with van der Waals surface area (Å²) in [5, 5.41) is 12.0. The van der Waals surface area contributed by atoms with Crippen LogP contribution in [0.15, 0.2) is 24.3 Å². The molecule has 1 atom stereocenters. The van der Waals surface area contributed by atoms with Gasteiger partial charge in [0, 0.05) is 0 Å². The van der Waals surface area contributed by atoms with Crippen LogP contribution < -0.4 is 10.1 Å². The summed E-state index contributed by atoms with van der Waals surface area (Å²) in [6.07, 6.45) is 1.07. The van der Waals surface area contributed by atoms with E-state index in [0.717, 1.165) is 12.2 Å². The van der Waals surface area contributed by atoms with Gasteiger partial charge in [-0.15, -0.1) is 0 Å². The highest BCUT2D eigenvalue weighted by molar-refractivity contribution is 5.76. The predicted molar refractivity (Wildman–Crippen MR) is 79.8 cm³/mol. The number of benzene rings is 1. The number of hydrogen-bond donors (Lipinski definition) is 2. The summed E-state index contributed by atoms with van der Waals surface area (Å²) >= 11 is 0. The molecular weight excluding hydrogens is 254 g/mol. The van der Waals surface area contributed by atoms with Crippen LogP contribution in [0.25, 0.3) is 0 Å². The fraction of sp³-hybridized carbons (Fsp3) is 0.562. The van der Waals surface area contributed by atoms with Gasteiger partial charge in [-0.1, -0.05) is 31.5 Å². The molecule has 112 valence electrons. The zero-order valence-corrected chi connectivity index (χ0v) is 12.6. The predicted octanol–water partition coefficient (Wildman–Crippen LogP) is 2.29. The lowest BCUT2D eigenvalue weighted by atomic mass is 10.0. The number of carbonyl (C=O) groups is 1. The van der Waals surface area contributed by atoms with E-state index in [4.69, 9.17) is 4.74 Å². The van der Waals surface area contributed by atoms with Crippen molar-refractivity contribution in [2.24, 2.45) is 5.92 Å². The highest BCUT2D eigenvalue weighted by atomic mass is 16.5. The van der Waals surface area contributed by atoms with E-state index in [0.29, 0.717) is 18.9 Å². The first-order chi connectivity index (χ1) is 9.51. The molecule has 0 heterocycles. The minimum atomic E-state index is -0.165. The Kier molecular flexibility index (Phi) is 7.09. The van der Waals surface area contributed by atoms with Crippen molar-refractivity contribution in [2.45, 2.75) is 39.7 Å². The van der Waals surface area contributed by atoms with E-state index in [1.807, 2.05) is 31.2 Å². The summed E-state index contributed by atoms with van der Waals surface area (Å²) in [7, 11) is 0. The Morgan fingerprint density at radius 2 is 1.95 bits per heavy atom. The third kappa shape index (κ3) is 6.57. The maximum atomic E-state index is 11.7. The van der Waals surface area contributed by atoms with Crippen molar-refractivity contribution in [3.8, 4) is 5.75 Å². The number of rotatable bonds is 8. The van der Waals surface area contributed by atoms with Crippen LogP contribution in [0.5, 0.6) is 5.75 Å². The molecule has 0 saturated carbocycles. The molecule has 1 rings (SSSR count). The van der Waals surface area contributed by atoms with Crippen LogP contribution in [-0.4, -0.2) is 30.3 Å². The molecule has 0 aromatic heterocycles. The van der Waals surface area contributed by atoms with E-state index in [2.05, 4.69) is 19.2 Å². The molecule has 20 heavy (non-hydrogen) atoms. The molecule has 0 spiro atoms. The summed E-state index contributed by atoms with van der Waals surface area (Å²) in [6.45, 7) is 6.46. The Morgan fingerprint density at radius 3 is 2.50 bits per heavy atom. The normalized spacial score (nSPS) is 12.2.